The van der Waals surface area contributed by atoms with Crippen LogP contribution in [-0.4, -0.2) is 81.3 Å². The Morgan fingerprint density at radius 1 is 1.16 bits per heavy atom. The monoisotopic (exact) mass is 544 g/mol. The van der Waals surface area contributed by atoms with Gasteiger partial charge in [0.1, 0.15) is 0 Å². The topological polar surface area (TPSA) is 81.2 Å². The molecular weight excluding hydrogens is 507 g/mol. The lowest BCUT2D eigenvalue weighted by molar-refractivity contribution is -0.120. The average molecular weight is 544 g/mol. The second kappa shape index (κ2) is 12.4. The Morgan fingerprint density at radius 3 is 2.52 bits per heavy atom. The standard InChI is InChI=1S/C22H36N6O2.HI/c1-4-23-21(26-17-22(2,3)28-11-13-30-14-12-28)25-15-18-5-7-19(8-6-18)27-10-9-24-20(29)16-27;/h5-8H,4,9-17H2,1-3H3,(H,24,29)(H2,23,25,26);1H. The lowest BCUT2D eigenvalue weighted by atomic mass is 10.0. The molecule has 2 fully saturated rings. The van der Waals surface area contributed by atoms with Crippen molar-refractivity contribution in [3.63, 3.8) is 0 Å². The zero-order valence-corrected chi connectivity index (χ0v) is 21.3. The number of carbonyl (C=O) groups is 1. The van der Waals surface area contributed by atoms with E-state index in [2.05, 4.69) is 70.8 Å². The van der Waals surface area contributed by atoms with Gasteiger partial charge in [0.15, 0.2) is 5.96 Å². The number of rotatable bonds is 7. The van der Waals surface area contributed by atoms with Crippen LogP contribution in [0.15, 0.2) is 29.3 Å². The highest BCUT2D eigenvalue weighted by Gasteiger charge is 2.28. The Balaban J connectivity index is 0.00000341. The number of nitrogens with one attached hydrogen (secondary N) is 3. The summed E-state index contributed by atoms with van der Waals surface area (Å²) in [5, 5.41) is 9.70. The predicted molar refractivity (Wildman–Crippen MR) is 136 cm³/mol. The maximum Gasteiger partial charge on any atom is 0.239 e. The lowest BCUT2D eigenvalue weighted by Crippen LogP contribution is -2.56. The molecule has 1 aromatic rings. The van der Waals surface area contributed by atoms with Gasteiger partial charge in [-0.05, 0) is 38.5 Å². The van der Waals surface area contributed by atoms with Crippen molar-refractivity contribution in [3.05, 3.63) is 29.8 Å². The van der Waals surface area contributed by atoms with Crippen LogP contribution in [0.1, 0.15) is 26.3 Å². The van der Waals surface area contributed by atoms with Crippen LogP contribution in [0.3, 0.4) is 0 Å². The van der Waals surface area contributed by atoms with Gasteiger partial charge in [0.05, 0.1) is 26.3 Å². The molecule has 8 nitrogen and oxygen atoms in total. The van der Waals surface area contributed by atoms with E-state index in [9.17, 15) is 4.79 Å². The van der Waals surface area contributed by atoms with Crippen LogP contribution in [0, 0.1) is 0 Å². The zero-order valence-electron chi connectivity index (χ0n) is 18.9. The molecule has 9 heteroatoms. The van der Waals surface area contributed by atoms with E-state index in [4.69, 9.17) is 9.73 Å². The van der Waals surface area contributed by atoms with Crippen LogP contribution in [0.4, 0.5) is 5.69 Å². The van der Waals surface area contributed by atoms with Gasteiger partial charge in [-0.3, -0.25) is 9.69 Å². The number of hydrogen-bond acceptors (Lipinski definition) is 5. The summed E-state index contributed by atoms with van der Waals surface area (Å²) >= 11 is 0. The number of morpholine rings is 1. The number of guanidine groups is 1. The number of amides is 1. The number of hydrogen-bond donors (Lipinski definition) is 3. The Bertz CT molecular complexity index is 719. The highest BCUT2D eigenvalue weighted by atomic mass is 127. The summed E-state index contributed by atoms with van der Waals surface area (Å²) in [6.45, 7) is 14.3. The first-order valence-corrected chi connectivity index (χ1v) is 10.9. The lowest BCUT2D eigenvalue weighted by Gasteiger charge is -2.41. The van der Waals surface area contributed by atoms with E-state index in [1.54, 1.807) is 0 Å². The number of aliphatic imine (C=N–C) groups is 1. The van der Waals surface area contributed by atoms with E-state index < -0.39 is 0 Å². The molecular formula is C22H37IN6O2. The third kappa shape index (κ3) is 7.80. The minimum atomic E-state index is 0. The fraction of sp³-hybridized carbons (Fsp3) is 0.636. The molecule has 2 aliphatic heterocycles. The number of anilines is 1. The van der Waals surface area contributed by atoms with Gasteiger partial charge >= 0.3 is 0 Å². The molecule has 3 rings (SSSR count). The Labute approximate surface area is 203 Å². The largest absolute Gasteiger partial charge is 0.379 e. The first-order valence-electron chi connectivity index (χ1n) is 10.9. The number of piperazine rings is 1. The Kier molecular flexibility index (Phi) is 10.3. The molecule has 1 amide bonds. The van der Waals surface area contributed by atoms with Crippen molar-refractivity contribution in [1.82, 2.24) is 20.9 Å². The summed E-state index contributed by atoms with van der Waals surface area (Å²) < 4.78 is 5.48. The summed E-state index contributed by atoms with van der Waals surface area (Å²) in [5.41, 5.74) is 2.25. The number of benzene rings is 1. The van der Waals surface area contributed by atoms with Crippen molar-refractivity contribution in [2.24, 2.45) is 4.99 Å². The average Bonchev–Trinajstić information content (AvgIpc) is 2.77. The van der Waals surface area contributed by atoms with Gasteiger partial charge in [-0.1, -0.05) is 12.1 Å². The Hall–Kier alpha value is -1.59. The van der Waals surface area contributed by atoms with E-state index in [-0.39, 0.29) is 35.4 Å². The van der Waals surface area contributed by atoms with Crippen molar-refractivity contribution in [3.8, 4) is 0 Å². The molecule has 31 heavy (non-hydrogen) atoms. The van der Waals surface area contributed by atoms with Gasteiger partial charge in [0, 0.05) is 50.5 Å². The van der Waals surface area contributed by atoms with Gasteiger partial charge < -0.3 is 25.6 Å². The van der Waals surface area contributed by atoms with Crippen molar-refractivity contribution >= 4 is 41.5 Å². The highest BCUT2D eigenvalue weighted by Crippen LogP contribution is 2.17. The third-order valence-corrected chi connectivity index (χ3v) is 5.66. The first kappa shape index (κ1) is 25.7. The molecule has 0 unspecified atom stereocenters. The van der Waals surface area contributed by atoms with E-state index in [0.717, 1.165) is 63.1 Å². The van der Waals surface area contributed by atoms with E-state index >= 15 is 0 Å². The second-order valence-corrected chi connectivity index (χ2v) is 8.40. The van der Waals surface area contributed by atoms with Crippen LogP contribution in [0.5, 0.6) is 0 Å². The van der Waals surface area contributed by atoms with Crippen LogP contribution in [0.2, 0.25) is 0 Å². The quantitative estimate of drug-likeness (QED) is 0.274. The molecule has 0 atom stereocenters. The maximum absolute atomic E-state index is 11.6. The molecule has 0 radical (unpaired) electrons. The highest BCUT2D eigenvalue weighted by molar-refractivity contribution is 14.0. The molecule has 2 aliphatic rings. The maximum atomic E-state index is 11.6. The molecule has 0 aliphatic carbocycles. The smallest absolute Gasteiger partial charge is 0.239 e. The van der Waals surface area contributed by atoms with Crippen molar-refractivity contribution in [2.45, 2.75) is 32.9 Å². The van der Waals surface area contributed by atoms with Crippen LogP contribution in [-0.2, 0) is 16.1 Å². The molecule has 0 saturated carbocycles. The minimum absolute atomic E-state index is 0. The van der Waals surface area contributed by atoms with E-state index in [0.29, 0.717) is 19.6 Å². The van der Waals surface area contributed by atoms with Gasteiger partial charge in [0.25, 0.3) is 0 Å². The normalized spacial score (nSPS) is 18.2. The molecule has 0 spiro atoms. The molecule has 0 aromatic heterocycles. The predicted octanol–water partition coefficient (Wildman–Crippen LogP) is 1.41. The van der Waals surface area contributed by atoms with Crippen molar-refractivity contribution < 1.29 is 9.53 Å². The summed E-state index contributed by atoms with van der Waals surface area (Å²) in [6, 6.07) is 8.33. The first-order chi connectivity index (χ1) is 14.5. The number of nitrogens with zero attached hydrogens (tertiary/aromatic N) is 3. The fourth-order valence-electron chi connectivity index (χ4n) is 3.76. The van der Waals surface area contributed by atoms with Gasteiger partial charge in [-0.15, -0.1) is 24.0 Å². The second-order valence-electron chi connectivity index (χ2n) is 8.40. The Morgan fingerprint density at radius 2 is 1.87 bits per heavy atom. The SMILES string of the molecule is CCNC(=NCc1ccc(N2CCNC(=O)C2)cc1)NCC(C)(C)N1CCOCC1.I. The van der Waals surface area contributed by atoms with Crippen molar-refractivity contribution in [1.29, 1.82) is 0 Å². The van der Waals surface area contributed by atoms with Crippen molar-refractivity contribution in [2.75, 3.05) is 63.9 Å². The minimum Gasteiger partial charge on any atom is -0.379 e. The van der Waals surface area contributed by atoms with Gasteiger partial charge in [-0.2, -0.15) is 0 Å². The van der Waals surface area contributed by atoms with E-state index in [1.807, 2.05) is 0 Å². The molecule has 3 N–H and O–H groups in total. The summed E-state index contributed by atoms with van der Waals surface area (Å²) in [6.07, 6.45) is 0. The molecule has 2 heterocycles. The summed E-state index contributed by atoms with van der Waals surface area (Å²) in [4.78, 5) is 20.9. The van der Waals surface area contributed by atoms with Crippen LogP contribution < -0.4 is 20.9 Å². The number of carbonyl (C=O) groups excluding carboxylic acids is 1. The molecule has 174 valence electrons. The zero-order chi connectivity index (χ0) is 21.4. The molecule has 2 saturated heterocycles. The molecule has 1 aromatic carbocycles. The van der Waals surface area contributed by atoms with E-state index in [1.165, 1.54) is 0 Å². The summed E-state index contributed by atoms with van der Waals surface area (Å²) in [5.74, 6) is 0.909. The van der Waals surface area contributed by atoms with Crippen LogP contribution in [0.25, 0.3) is 0 Å². The summed E-state index contributed by atoms with van der Waals surface area (Å²) in [7, 11) is 0. The fourth-order valence-corrected chi connectivity index (χ4v) is 3.76. The molecule has 0 bridgehead atoms. The van der Waals surface area contributed by atoms with Crippen LogP contribution >= 0.6 is 24.0 Å². The third-order valence-electron chi connectivity index (χ3n) is 5.66. The number of ether oxygens (including phenoxy) is 1. The van der Waals surface area contributed by atoms with Gasteiger partial charge in [-0.25, -0.2) is 4.99 Å². The van der Waals surface area contributed by atoms with Gasteiger partial charge in [0.2, 0.25) is 5.91 Å². The number of halogens is 1.